The van der Waals surface area contributed by atoms with Crippen LogP contribution in [0, 0.1) is 5.92 Å². The highest BCUT2D eigenvalue weighted by Crippen LogP contribution is 2.35. The van der Waals surface area contributed by atoms with Gasteiger partial charge in [-0.2, -0.15) is 0 Å². The molecule has 1 saturated carbocycles. The maximum atomic E-state index is 12.2. The highest BCUT2D eigenvalue weighted by molar-refractivity contribution is 5.51. The third kappa shape index (κ3) is 3.36. The van der Waals surface area contributed by atoms with Crippen molar-refractivity contribution in [3.63, 3.8) is 0 Å². The molecule has 0 aromatic heterocycles. The van der Waals surface area contributed by atoms with E-state index in [2.05, 4.69) is 15.0 Å². The van der Waals surface area contributed by atoms with Crippen molar-refractivity contribution in [1.82, 2.24) is 5.32 Å². The molecular weight excluding hydrogens is 269 g/mol. The Labute approximate surface area is 115 Å². The first-order valence-corrected chi connectivity index (χ1v) is 6.85. The van der Waals surface area contributed by atoms with Crippen LogP contribution in [0.15, 0.2) is 24.3 Å². The van der Waals surface area contributed by atoms with Gasteiger partial charge in [0.1, 0.15) is 5.75 Å². The standard InChI is InChI=1S/C14H17F3N2O/c15-14(16,17)20-12-3-1-2-11(8-12)19-7-6-18-13(9-19)10-4-5-10/h1-3,8,10,13,18H,4-7,9H2. The Balaban J connectivity index is 1.70. The van der Waals surface area contributed by atoms with Crippen molar-refractivity contribution in [2.24, 2.45) is 5.92 Å². The Hall–Kier alpha value is -1.43. The molecule has 0 amide bonds. The molecule has 3 nitrogen and oxygen atoms in total. The van der Waals surface area contributed by atoms with E-state index >= 15 is 0 Å². The molecule has 0 spiro atoms. The van der Waals surface area contributed by atoms with Crippen molar-refractivity contribution < 1.29 is 17.9 Å². The largest absolute Gasteiger partial charge is 0.573 e. The summed E-state index contributed by atoms with van der Waals surface area (Å²) in [5.74, 6) is 0.573. The van der Waals surface area contributed by atoms with Crippen LogP contribution >= 0.6 is 0 Å². The van der Waals surface area contributed by atoms with Gasteiger partial charge in [-0.15, -0.1) is 13.2 Å². The number of benzene rings is 1. The van der Waals surface area contributed by atoms with Gasteiger partial charge in [0, 0.05) is 37.4 Å². The minimum Gasteiger partial charge on any atom is -0.406 e. The van der Waals surface area contributed by atoms with Crippen LogP contribution in [0.4, 0.5) is 18.9 Å². The van der Waals surface area contributed by atoms with Crippen molar-refractivity contribution >= 4 is 5.69 Å². The fourth-order valence-electron chi connectivity index (χ4n) is 2.70. The van der Waals surface area contributed by atoms with Crippen LogP contribution < -0.4 is 15.0 Å². The van der Waals surface area contributed by atoms with Crippen LogP contribution in [0.2, 0.25) is 0 Å². The lowest BCUT2D eigenvalue weighted by Gasteiger charge is -2.35. The minimum absolute atomic E-state index is 0.156. The van der Waals surface area contributed by atoms with Gasteiger partial charge in [-0.05, 0) is 30.9 Å². The maximum absolute atomic E-state index is 12.2. The van der Waals surface area contributed by atoms with Crippen LogP contribution in [0.25, 0.3) is 0 Å². The van der Waals surface area contributed by atoms with Crippen LogP contribution in [-0.4, -0.2) is 32.0 Å². The molecule has 1 heterocycles. The number of alkyl halides is 3. The second kappa shape index (κ2) is 5.16. The number of piperazine rings is 1. The first kappa shape index (κ1) is 13.5. The van der Waals surface area contributed by atoms with Crippen molar-refractivity contribution in [1.29, 1.82) is 0 Å². The molecule has 1 aliphatic heterocycles. The highest BCUT2D eigenvalue weighted by atomic mass is 19.4. The number of ether oxygens (including phenoxy) is 1. The summed E-state index contributed by atoms with van der Waals surface area (Å²) in [6, 6.07) is 6.68. The van der Waals surface area contributed by atoms with Gasteiger partial charge in [-0.3, -0.25) is 0 Å². The lowest BCUT2D eigenvalue weighted by atomic mass is 10.1. The van der Waals surface area contributed by atoms with Crippen molar-refractivity contribution in [3.8, 4) is 5.75 Å². The summed E-state index contributed by atoms with van der Waals surface area (Å²) in [6.07, 6.45) is -2.13. The van der Waals surface area contributed by atoms with E-state index in [4.69, 9.17) is 0 Å². The van der Waals surface area contributed by atoms with E-state index in [1.54, 1.807) is 6.07 Å². The summed E-state index contributed by atoms with van der Waals surface area (Å²) >= 11 is 0. The summed E-state index contributed by atoms with van der Waals surface area (Å²) < 4.78 is 40.7. The van der Waals surface area contributed by atoms with Crippen LogP contribution in [-0.2, 0) is 0 Å². The summed E-state index contributed by atoms with van der Waals surface area (Å²) in [4.78, 5) is 2.13. The quantitative estimate of drug-likeness (QED) is 0.924. The monoisotopic (exact) mass is 286 g/mol. The molecular formula is C14H17F3N2O. The molecule has 3 rings (SSSR count). The fraction of sp³-hybridized carbons (Fsp3) is 0.571. The molecule has 2 fully saturated rings. The van der Waals surface area contributed by atoms with Crippen LogP contribution in [0.5, 0.6) is 5.75 Å². The fourth-order valence-corrected chi connectivity index (χ4v) is 2.70. The number of anilines is 1. The number of hydrogen-bond donors (Lipinski definition) is 1. The normalized spacial score (nSPS) is 23.8. The molecule has 0 radical (unpaired) electrons. The van der Waals surface area contributed by atoms with Crippen molar-refractivity contribution in [2.75, 3.05) is 24.5 Å². The first-order chi connectivity index (χ1) is 9.51. The Kier molecular flexibility index (Phi) is 3.50. The Morgan fingerprint density at radius 3 is 2.75 bits per heavy atom. The van der Waals surface area contributed by atoms with Crippen LogP contribution in [0.1, 0.15) is 12.8 Å². The van der Waals surface area contributed by atoms with Gasteiger partial charge in [0.05, 0.1) is 0 Å². The molecule has 1 aliphatic carbocycles. The molecule has 1 atom stereocenters. The second-order valence-corrected chi connectivity index (χ2v) is 5.39. The van der Waals surface area contributed by atoms with Gasteiger partial charge in [0.15, 0.2) is 0 Å². The van der Waals surface area contributed by atoms with E-state index in [-0.39, 0.29) is 5.75 Å². The predicted molar refractivity (Wildman–Crippen MR) is 69.9 cm³/mol. The Morgan fingerprint density at radius 2 is 2.05 bits per heavy atom. The molecule has 1 saturated heterocycles. The predicted octanol–water partition coefficient (Wildman–Crippen LogP) is 2.77. The number of halogens is 3. The molecule has 20 heavy (non-hydrogen) atoms. The first-order valence-electron chi connectivity index (χ1n) is 6.85. The van der Waals surface area contributed by atoms with E-state index in [1.165, 1.54) is 25.0 Å². The minimum atomic E-state index is -4.64. The summed E-state index contributed by atoms with van der Waals surface area (Å²) in [5, 5.41) is 3.48. The Morgan fingerprint density at radius 1 is 1.25 bits per heavy atom. The van der Waals surface area contributed by atoms with Gasteiger partial charge >= 0.3 is 6.36 Å². The third-order valence-corrected chi connectivity index (χ3v) is 3.81. The molecule has 6 heteroatoms. The molecule has 1 N–H and O–H groups in total. The maximum Gasteiger partial charge on any atom is 0.573 e. The van der Waals surface area contributed by atoms with E-state index < -0.39 is 6.36 Å². The molecule has 1 aromatic carbocycles. The highest BCUT2D eigenvalue weighted by Gasteiger charge is 2.34. The number of rotatable bonds is 3. The zero-order valence-electron chi connectivity index (χ0n) is 11.0. The third-order valence-electron chi connectivity index (χ3n) is 3.81. The summed E-state index contributed by atoms with van der Waals surface area (Å²) in [7, 11) is 0. The van der Waals surface area contributed by atoms with E-state index in [0.717, 1.165) is 31.2 Å². The second-order valence-electron chi connectivity index (χ2n) is 5.39. The van der Waals surface area contributed by atoms with Gasteiger partial charge in [0.25, 0.3) is 0 Å². The zero-order valence-corrected chi connectivity index (χ0v) is 11.0. The summed E-state index contributed by atoms with van der Waals surface area (Å²) in [6.45, 7) is 2.52. The topological polar surface area (TPSA) is 24.5 Å². The average molecular weight is 286 g/mol. The van der Waals surface area contributed by atoms with Crippen molar-refractivity contribution in [2.45, 2.75) is 25.2 Å². The molecule has 2 aliphatic rings. The van der Waals surface area contributed by atoms with Gasteiger partial charge in [-0.1, -0.05) is 6.07 Å². The molecule has 110 valence electrons. The number of nitrogens with zero attached hydrogens (tertiary/aromatic N) is 1. The van der Waals surface area contributed by atoms with Gasteiger partial charge in [0.2, 0.25) is 0 Å². The van der Waals surface area contributed by atoms with Gasteiger partial charge in [-0.25, -0.2) is 0 Å². The van der Waals surface area contributed by atoms with E-state index in [9.17, 15) is 13.2 Å². The molecule has 1 aromatic rings. The molecule has 1 unspecified atom stereocenters. The summed E-state index contributed by atoms with van der Waals surface area (Å²) in [5.41, 5.74) is 0.791. The smallest absolute Gasteiger partial charge is 0.406 e. The zero-order chi connectivity index (χ0) is 14.2. The average Bonchev–Trinajstić information content (AvgIpc) is 3.21. The van der Waals surface area contributed by atoms with Gasteiger partial charge < -0.3 is 15.0 Å². The van der Waals surface area contributed by atoms with E-state index in [0.29, 0.717) is 6.04 Å². The number of hydrogen-bond acceptors (Lipinski definition) is 3. The molecule has 0 bridgehead atoms. The van der Waals surface area contributed by atoms with E-state index in [1.807, 2.05) is 6.07 Å². The lowest BCUT2D eigenvalue weighted by Crippen LogP contribution is -2.51. The number of nitrogens with one attached hydrogen (secondary N) is 1. The van der Waals surface area contributed by atoms with Crippen LogP contribution in [0.3, 0.4) is 0 Å². The lowest BCUT2D eigenvalue weighted by molar-refractivity contribution is -0.274. The SMILES string of the molecule is FC(F)(F)Oc1cccc(N2CCNC(C3CC3)C2)c1. The Bertz CT molecular complexity index is 474. The van der Waals surface area contributed by atoms with Crippen molar-refractivity contribution in [3.05, 3.63) is 24.3 Å².